The minimum absolute atomic E-state index is 0.00946. The Balaban J connectivity index is 1.74. The molecule has 134 valence electrons. The fourth-order valence-corrected chi connectivity index (χ4v) is 3.23. The summed E-state index contributed by atoms with van der Waals surface area (Å²) in [5, 5.41) is 3.38. The average molecular weight is 356 g/mol. The molecule has 0 saturated carbocycles. The van der Waals surface area contributed by atoms with Gasteiger partial charge < -0.3 is 14.5 Å². The summed E-state index contributed by atoms with van der Waals surface area (Å²) in [6.45, 7) is 0. The summed E-state index contributed by atoms with van der Waals surface area (Å²) in [6.07, 6.45) is 1.91. The van der Waals surface area contributed by atoms with E-state index in [1.54, 1.807) is 7.11 Å². The van der Waals surface area contributed by atoms with Gasteiger partial charge in [0.25, 0.3) is 0 Å². The molecular weight excluding hydrogens is 336 g/mol. The van der Waals surface area contributed by atoms with Crippen molar-refractivity contribution in [1.29, 1.82) is 0 Å². The van der Waals surface area contributed by atoms with Crippen molar-refractivity contribution in [3.05, 3.63) is 102 Å². The maximum atomic E-state index is 13.5. The van der Waals surface area contributed by atoms with Gasteiger partial charge in [0, 0.05) is 23.5 Å². The molecule has 2 aromatic heterocycles. The molecule has 0 aliphatic carbocycles. The van der Waals surface area contributed by atoms with Gasteiger partial charge in [-0.2, -0.15) is 0 Å². The maximum absolute atomic E-state index is 13.5. The predicted octanol–water partition coefficient (Wildman–Crippen LogP) is 4.98. The predicted molar refractivity (Wildman–Crippen MR) is 108 cm³/mol. The van der Waals surface area contributed by atoms with Gasteiger partial charge in [-0.3, -0.25) is 4.79 Å². The molecule has 4 aromatic rings. The van der Waals surface area contributed by atoms with E-state index in [9.17, 15) is 4.79 Å². The minimum Gasteiger partial charge on any atom is -0.497 e. The van der Waals surface area contributed by atoms with E-state index in [0.29, 0.717) is 5.69 Å². The summed E-state index contributed by atoms with van der Waals surface area (Å²) < 4.78 is 7.23. The largest absolute Gasteiger partial charge is 0.497 e. The summed E-state index contributed by atoms with van der Waals surface area (Å²) in [5.41, 5.74) is 3.39. The molecule has 0 fully saturated rings. The summed E-state index contributed by atoms with van der Waals surface area (Å²) in [6, 6.07) is 26.6. The number of benzene rings is 2. The second-order valence-corrected chi connectivity index (χ2v) is 6.30. The van der Waals surface area contributed by atoms with Gasteiger partial charge in [-0.05, 0) is 42.0 Å². The first kappa shape index (κ1) is 16.9. The average Bonchev–Trinajstić information content (AvgIpc) is 3.16. The van der Waals surface area contributed by atoms with Crippen molar-refractivity contribution in [3.8, 4) is 5.75 Å². The first-order valence-corrected chi connectivity index (χ1v) is 8.82. The summed E-state index contributed by atoms with van der Waals surface area (Å²) in [4.78, 5) is 13.5. The van der Waals surface area contributed by atoms with Crippen LogP contribution in [0.3, 0.4) is 0 Å². The van der Waals surface area contributed by atoms with Gasteiger partial charge >= 0.3 is 0 Å². The summed E-state index contributed by atoms with van der Waals surface area (Å²) in [7, 11) is 1.63. The number of nitrogens with zero attached hydrogens (tertiary/aromatic N) is 1. The first-order chi connectivity index (χ1) is 13.3. The Morgan fingerprint density at radius 3 is 2.56 bits per heavy atom. The zero-order chi connectivity index (χ0) is 18.6. The van der Waals surface area contributed by atoms with Crippen molar-refractivity contribution in [2.75, 3.05) is 12.4 Å². The molecule has 4 nitrogen and oxygen atoms in total. The lowest BCUT2D eigenvalue weighted by atomic mass is 10.00. The molecule has 0 amide bonds. The molecule has 2 aromatic carbocycles. The molecule has 0 radical (unpaired) electrons. The quantitative estimate of drug-likeness (QED) is 0.495. The monoisotopic (exact) mass is 356 g/mol. The van der Waals surface area contributed by atoms with Crippen LogP contribution in [0.4, 0.5) is 5.69 Å². The van der Waals surface area contributed by atoms with Gasteiger partial charge in [-0.1, -0.05) is 42.5 Å². The van der Waals surface area contributed by atoms with Gasteiger partial charge in [0.1, 0.15) is 11.8 Å². The number of pyridine rings is 1. The SMILES string of the molecule is COc1cccc(NC(C(=O)c2ccc3ccccn23)c2ccccc2)c1. The molecule has 27 heavy (non-hydrogen) atoms. The molecule has 0 spiro atoms. The van der Waals surface area contributed by atoms with Gasteiger partial charge in [-0.15, -0.1) is 0 Å². The Bertz CT molecular complexity index is 1070. The Morgan fingerprint density at radius 1 is 0.926 bits per heavy atom. The number of anilines is 1. The normalized spacial score (nSPS) is 11.9. The number of aromatic nitrogens is 1. The van der Waals surface area contributed by atoms with E-state index < -0.39 is 6.04 Å². The molecule has 0 bridgehead atoms. The third-order valence-electron chi connectivity index (χ3n) is 4.59. The molecule has 0 saturated heterocycles. The van der Waals surface area contributed by atoms with Gasteiger partial charge in [0.15, 0.2) is 0 Å². The lowest BCUT2D eigenvalue weighted by Gasteiger charge is -2.20. The molecule has 1 N–H and O–H groups in total. The van der Waals surface area contributed by atoms with Crippen LogP contribution in [0.1, 0.15) is 22.1 Å². The number of hydrogen-bond acceptors (Lipinski definition) is 3. The number of fused-ring (bicyclic) bond motifs is 1. The lowest BCUT2D eigenvalue weighted by molar-refractivity contribution is 0.0964. The topological polar surface area (TPSA) is 42.7 Å². The van der Waals surface area contributed by atoms with Crippen molar-refractivity contribution in [2.45, 2.75) is 6.04 Å². The zero-order valence-corrected chi connectivity index (χ0v) is 15.0. The van der Waals surface area contributed by atoms with Crippen LogP contribution in [0.2, 0.25) is 0 Å². The lowest BCUT2D eigenvalue weighted by Crippen LogP contribution is -2.22. The van der Waals surface area contributed by atoms with E-state index >= 15 is 0 Å². The van der Waals surface area contributed by atoms with E-state index in [1.807, 2.05) is 95.5 Å². The molecule has 4 rings (SSSR count). The number of hydrogen-bond donors (Lipinski definition) is 1. The number of carbonyl (C=O) groups is 1. The number of ether oxygens (including phenoxy) is 1. The minimum atomic E-state index is -0.503. The number of methoxy groups -OCH3 is 1. The molecule has 2 heterocycles. The number of Topliss-reactive ketones (excluding diaryl/α,β-unsaturated/α-hetero) is 1. The molecule has 0 aliphatic rings. The van der Waals surface area contributed by atoms with Gasteiger partial charge in [-0.25, -0.2) is 0 Å². The second-order valence-electron chi connectivity index (χ2n) is 6.30. The standard InChI is InChI=1S/C23H20N2O2/c1-27-20-12-7-10-18(16-20)24-22(17-8-3-2-4-9-17)23(26)21-14-13-19-11-5-6-15-25(19)21/h2-16,22,24H,1H3. The third kappa shape index (κ3) is 3.42. The highest BCUT2D eigenvalue weighted by Crippen LogP contribution is 2.26. The Morgan fingerprint density at radius 2 is 1.74 bits per heavy atom. The first-order valence-electron chi connectivity index (χ1n) is 8.82. The van der Waals surface area contributed by atoms with Crippen LogP contribution < -0.4 is 10.1 Å². The maximum Gasteiger partial charge on any atom is 0.206 e. The van der Waals surface area contributed by atoms with E-state index in [4.69, 9.17) is 4.74 Å². The third-order valence-corrected chi connectivity index (χ3v) is 4.59. The number of rotatable bonds is 6. The van der Waals surface area contributed by atoms with Crippen molar-refractivity contribution in [2.24, 2.45) is 0 Å². The smallest absolute Gasteiger partial charge is 0.206 e. The number of carbonyl (C=O) groups excluding carboxylic acids is 1. The molecule has 4 heteroatoms. The molecule has 1 unspecified atom stereocenters. The highest BCUT2D eigenvalue weighted by atomic mass is 16.5. The number of ketones is 1. The highest BCUT2D eigenvalue weighted by molar-refractivity contribution is 6.02. The van der Waals surface area contributed by atoms with Crippen LogP contribution >= 0.6 is 0 Å². The fourth-order valence-electron chi connectivity index (χ4n) is 3.23. The molecule has 1 atom stereocenters. The van der Waals surface area contributed by atoms with Gasteiger partial charge in [0.2, 0.25) is 5.78 Å². The summed E-state index contributed by atoms with van der Waals surface area (Å²) >= 11 is 0. The number of nitrogens with one attached hydrogen (secondary N) is 1. The van der Waals surface area contributed by atoms with Crippen molar-refractivity contribution in [1.82, 2.24) is 4.40 Å². The Hall–Kier alpha value is -3.53. The Kier molecular flexibility index (Phi) is 4.62. The second kappa shape index (κ2) is 7.38. The van der Waals surface area contributed by atoms with Crippen LogP contribution in [0, 0.1) is 0 Å². The fraction of sp³-hybridized carbons (Fsp3) is 0.0870. The van der Waals surface area contributed by atoms with E-state index in [0.717, 1.165) is 22.5 Å². The Labute approximate surface area is 158 Å². The summed E-state index contributed by atoms with van der Waals surface area (Å²) in [5.74, 6) is 0.752. The van der Waals surface area contributed by atoms with Crippen LogP contribution in [0.5, 0.6) is 5.75 Å². The van der Waals surface area contributed by atoms with Crippen LogP contribution in [-0.2, 0) is 0 Å². The van der Waals surface area contributed by atoms with E-state index in [2.05, 4.69) is 5.32 Å². The van der Waals surface area contributed by atoms with Crippen LogP contribution in [0.25, 0.3) is 5.52 Å². The highest BCUT2D eigenvalue weighted by Gasteiger charge is 2.24. The van der Waals surface area contributed by atoms with E-state index in [-0.39, 0.29) is 5.78 Å². The van der Waals surface area contributed by atoms with Crippen molar-refractivity contribution in [3.63, 3.8) is 0 Å². The van der Waals surface area contributed by atoms with E-state index in [1.165, 1.54) is 0 Å². The molecular formula is C23H20N2O2. The van der Waals surface area contributed by atoms with Crippen molar-refractivity contribution >= 4 is 17.0 Å². The van der Waals surface area contributed by atoms with Crippen molar-refractivity contribution < 1.29 is 9.53 Å². The zero-order valence-electron chi connectivity index (χ0n) is 15.0. The van der Waals surface area contributed by atoms with Crippen LogP contribution in [-0.4, -0.2) is 17.3 Å². The molecule has 0 aliphatic heterocycles. The van der Waals surface area contributed by atoms with Crippen LogP contribution in [0.15, 0.2) is 91.1 Å². The van der Waals surface area contributed by atoms with Gasteiger partial charge in [0.05, 0.1) is 12.8 Å².